The Kier molecular flexibility index (Phi) is 6.67. The largest absolute Gasteiger partial charge is 0.486 e. The van der Waals surface area contributed by atoms with Crippen molar-refractivity contribution < 1.29 is 14.3 Å². The Bertz CT molecular complexity index is 696. The van der Waals surface area contributed by atoms with Crippen molar-refractivity contribution in [1.82, 2.24) is 4.90 Å². The number of hydrogen-bond donors (Lipinski definition) is 1. The minimum Gasteiger partial charge on any atom is -0.486 e. The molecule has 0 fully saturated rings. The fourth-order valence-corrected chi connectivity index (χ4v) is 2.79. The zero-order valence-corrected chi connectivity index (χ0v) is 14.9. The SMILES string of the molecule is CN(CC1COc2ccccc2O1)C(=O)C(N)Cc1ccccc1.Cl. The van der Waals surface area contributed by atoms with Gasteiger partial charge in [-0.3, -0.25) is 4.79 Å². The Balaban J connectivity index is 0.00000225. The number of benzene rings is 2. The molecule has 5 nitrogen and oxygen atoms in total. The lowest BCUT2D eigenvalue weighted by Gasteiger charge is -2.30. The number of carbonyl (C=O) groups is 1. The van der Waals surface area contributed by atoms with Gasteiger partial charge in [0.2, 0.25) is 5.91 Å². The van der Waals surface area contributed by atoms with Crippen LogP contribution in [0.2, 0.25) is 0 Å². The monoisotopic (exact) mass is 362 g/mol. The number of likely N-dealkylation sites (N-methyl/N-ethyl adjacent to an activating group) is 1. The highest BCUT2D eigenvalue weighted by Gasteiger charge is 2.25. The quantitative estimate of drug-likeness (QED) is 0.886. The van der Waals surface area contributed by atoms with E-state index in [-0.39, 0.29) is 24.4 Å². The molecule has 0 radical (unpaired) electrons. The van der Waals surface area contributed by atoms with Gasteiger partial charge in [0.1, 0.15) is 6.61 Å². The zero-order chi connectivity index (χ0) is 16.9. The van der Waals surface area contributed by atoms with Crippen LogP contribution >= 0.6 is 12.4 Å². The average molecular weight is 363 g/mol. The van der Waals surface area contributed by atoms with Crippen LogP contribution in [0.15, 0.2) is 54.6 Å². The Morgan fingerprint density at radius 2 is 1.80 bits per heavy atom. The van der Waals surface area contributed by atoms with Crippen LogP contribution in [0.4, 0.5) is 0 Å². The fraction of sp³-hybridized carbons (Fsp3) is 0.316. The summed E-state index contributed by atoms with van der Waals surface area (Å²) in [5, 5.41) is 0. The first-order valence-corrected chi connectivity index (χ1v) is 8.06. The molecule has 0 bridgehead atoms. The molecule has 2 unspecified atom stereocenters. The van der Waals surface area contributed by atoms with Crippen LogP contribution in [0.25, 0.3) is 0 Å². The summed E-state index contributed by atoms with van der Waals surface area (Å²) < 4.78 is 11.6. The molecule has 2 atom stereocenters. The highest BCUT2D eigenvalue weighted by atomic mass is 35.5. The number of carbonyl (C=O) groups excluding carboxylic acids is 1. The minimum absolute atomic E-state index is 0. The molecule has 1 aliphatic heterocycles. The number of amides is 1. The molecular weight excluding hydrogens is 340 g/mol. The third-order valence-corrected chi connectivity index (χ3v) is 4.04. The molecule has 2 N–H and O–H groups in total. The van der Waals surface area contributed by atoms with Gasteiger partial charge >= 0.3 is 0 Å². The predicted molar refractivity (Wildman–Crippen MR) is 99.4 cm³/mol. The Labute approximate surface area is 154 Å². The Morgan fingerprint density at radius 1 is 1.16 bits per heavy atom. The van der Waals surface area contributed by atoms with Gasteiger partial charge in [0.05, 0.1) is 12.6 Å². The van der Waals surface area contributed by atoms with Crippen molar-refractivity contribution >= 4 is 18.3 Å². The number of hydrogen-bond acceptors (Lipinski definition) is 4. The smallest absolute Gasteiger partial charge is 0.239 e. The van der Waals surface area contributed by atoms with E-state index >= 15 is 0 Å². The molecule has 25 heavy (non-hydrogen) atoms. The third-order valence-electron chi connectivity index (χ3n) is 4.04. The van der Waals surface area contributed by atoms with Gasteiger partial charge in [-0.25, -0.2) is 0 Å². The third kappa shape index (κ3) is 4.87. The van der Waals surface area contributed by atoms with E-state index in [1.165, 1.54) is 0 Å². The summed E-state index contributed by atoms with van der Waals surface area (Å²) in [4.78, 5) is 14.1. The van der Waals surface area contributed by atoms with Crippen LogP contribution in [-0.4, -0.2) is 43.2 Å². The molecule has 3 rings (SSSR count). The molecule has 1 amide bonds. The van der Waals surface area contributed by atoms with Gasteiger partial charge in [-0.1, -0.05) is 42.5 Å². The van der Waals surface area contributed by atoms with E-state index in [2.05, 4.69) is 0 Å². The average Bonchev–Trinajstić information content (AvgIpc) is 2.61. The summed E-state index contributed by atoms with van der Waals surface area (Å²) in [7, 11) is 1.75. The standard InChI is InChI=1S/C19H22N2O3.ClH/c1-21(19(22)16(20)11-14-7-3-2-4-8-14)12-15-13-23-17-9-5-6-10-18(17)24-15;/h2-10,15-16H,11-13,20H2,1H3;1H. The first kappa shape index (κ1) is 19.1. The molecule has 0 aliphatic carbocycles. The van der Waals surface area contributed by atoms with Crippen molar-refractivity contribution in [1.29, 1.82) is 0 Å². The van der Waals surface area contributed by atoms with Gasteiger partial charge in [0, 0.05) is 7.05 Å². The van der Waals surface area contributed by atoms with Crippen molar-refractivity contribution in [3.63, 3.8) is 0 Å². The van der Waals surface area contributed by atoms with Gasteiger partial charge in [0.25, 0.3) is 0 Å². The van der Waals surface area contributed by atoms with E-state index < -0.39 is 6.04 Å². The molecule has 0 saturated carbocycles. The lowest BCUT2D eigenvalue weighted by atomic mass is 10.1. The highest BCUT2D eigenvalue weighted by Crippen LogP contribution is 2.30. The van der Waals surface area contributed by atoms with Gasteiger partial charge in [-0.15, -0.1) is 12.4 Å². The molecule has 134 valence electrons. The molecular formula is C19H23ClN2O3. The summed E-state index contributed by atoms with van der Waals surface area (Å²) >= 11 is 0. The summed E-state index contributed by atoms with van der Waals surface area (Å²) in [5.41, 5.74) is 7.12. The van der Waals surface area contributed by atoms with E-state index in [1.807, 2.05) is 54.6 Å². The fourth-order valence-electron chi connectivity index (χ4n) is 2.79. The molecule has 2 aromatic carbocycles. The molecule has 0 saturated heterocycles. The van der Waals surface area contributed by atoms with Crippen molar-refractivity contribution in [2.45, 2.75) is 18.6 Å². The first-order chi connectivity index (χ1) is 11.6. The number of fused-ring (bicyclic) bond motifs is 1. The topological polar surface area (TPSA) is 64.8 Å². The maximum absolute atomic E-state index is 12.5. The second kappa shape index (κ2) is 8.74. The van der Waals surface area contributed by atoms with Crippen LogP contribution in [0.3, 0.4) is 0 Å². The van der Waals surface area contributed by atoms with Crippen molar-refractivity contribution in [2.24, 2.45) is 5.73 Å². The summed E-state index contributed by atoms with van der Waals surface area (Å²) in [5.74, 6) is 1.35. The predicted octanol–water partition coefficient (Wildman–Crippen LogP) is 2.28. The first-order valence-electron chi connectivity index (χ1n) is 8.06. The highest BCUT2D eigenvalue weighted by molar-refractivity contribution is 5.85. The second-order valence-corrected chi connectivity index (χ2v) is 6.01. The van der Waals surface area contributed by atoms with Crippen LogP contribution < -0.4 is 15.2 Å². The van der Waals surface area contributed by atoms with Crippen molar-refractivity contribution in [3.8, 4) is 11.5 Å². The van der Waals surface area contributed by atoms with Gasteiger partial charge in [-0.05, 0) is 24.1 Å². The van der Waals surface area contributed by atoms with E-state index in [0.717, 1.165) is 11.3 Å². The van der Waals surface area contributed by atoms with Crippen LogP contribution in [0, 0.1) is 0 Å². The van der Waals surface area contributed by atoms with Crippen molar-refractivity contribution in [2.75, 3.05) is 20.2 Å². The summed E-state index contributed by atoms with van der Waals surface area (Å²) in [6.45, 7) is 0.859. The molecule has 0 aromatic heterocycles. The van der Waals surface area contributed by atoms with E-state index in [9.17, 15) is 4.79 Å². The number of nitrogens with two attached hydrogens (primary N) is 1. The number of rotatable bonds is 5. The van der Waals surface area contributed by atoms with Gasteiger partial charge in [0.15, 0.2) is 17.6 Å². The maximum atomic E-state index is 12.5. The maximum Gasteiger partial charge on any atom is 0.239 e. The second-order valence-electron chi connectivity index (χ2n) is 6.01. The van der Waals surface area contributed by atoms with Crippen LogP contribution in [0.1, 0.15) is 5.56 Å². The molecule has 0 spiro atoms. The number of ether oxygens (including phenoxy) is 2. The van der Waals surface area contributed by atoms with Crippen LogP contribution in [0.5, 0.6) is 11.5 Å². The zero-order valence-electron chi connectivity index (χ0n) is 14.1. The Hall–Kier alpha value is -2.24. The van der Waals surface area contributed by atoms with Crippen molar-refractivity contribution in [3.05, 3.63) is 60.2 Å². The van der Waals surface area contributed by atoms with E-state index in [0.29, 0.717) is 25.3 Å². The lowest BCUT2D eigenvalue weighted by Crippen LogP contribution is -2.48. The van der Waals surface area contributed by atoms with E-state index in [1.54, 1.807) is 11.9 Å². The van der Waals surface area contributed by atoms with Crippen LogP contribution in [-0.2, 0) is 11.2 Å². The normalized spacial score (nSPS) is 16.5. The number of nitrogens with zero attached hydrogens (tertiary/aromatic N) is 1. The number of halogens is 1. The van der Waals surface area contributed by atoms with Gasteiger partial charge in [-0.2, -0.15) is 0 Å². The summed E-state index contributed by atoms with van der Waals surface area (Å²) in [6.07, 6.45) is 0.326. The van der Waals surface area contributed by atoms with E-state index in [4.69, 9.17) is 15.2 Å². The molecule has 2 aromatic rings. The number of para-hydroxylation sites is 2. The minimum atomic E-state index is -0.561. The van der Waals surface area contributed by atoms with Gasteiger partial charge < -0.3 is 20.1 Å². The Morgan fingerprint density at radius 3 is 2.52 bits per heavy atom. The molecule has 6 heteroatoms. The molecule has 1 aliphatic rings. The molecule has 1 heterocycles. The lowest BCUT2D eigenvalue weighted by molar-refractivity contribution is -0.132. The summed E-state index contributed by atoms with van der Waals surface area (Å²) in [6, 6.07) is 16.8.